The summed E-state index contributed by atoms with van der Waals surface area (Å²) in [5, 5.41) is 2.37. The van der Waals surface area contributed by atoms with Crippen LogP contribution in [0, 0.1) is 0 Å². The Balaban J connectivity index is 2.55. The fourth-order valence-electron chi connectivity index (χ4n) is 1.30. The van der Waals surface area contributed by atoms with Crippen LogP contribution in [-0.2, 0) is 0 Å². The molecule has 0 fully saturated rings. The lowest BCUT2D eigenvalue weighted by Crippen LogP contribution is -1.85. The third-order valence-electron chi connectivity index (χ3n) is 1.91. The molecule has 0 aliphatic rings. The Kier molecular flexibility index (Phi) is 2.23. The van der Waals surface area contributed by atoms with E-state index >= 15 is 0 Å². The highest BCUT2D eigenvalue weighted by atomic mass is 32.1. The molecule has 0 atom stereocenters. The van der Waals surface area contributed by atoms with Crippen LogP contribution in [0.1, 0.15) is 0 Å². The minimum atomic E-state index is 0.786. The van der Waals surface area contributed by atoms with Crippen LogP contribution in [0.4, 0.5) is 0 Å². The number of ether oxygens (including phenoxy) is 1. The molecule has 0 aromatic heterocycles. The predicted molar refractivity (Wildman–Crippen MR) is 58.2 cm³/mol. The molecule has 0 aliphatic heterocycles. The van der Waals surface area contributed by atoms with Crippen molar-refractivity contribution in [3.63, 3.8) is 0 Å². The highest BCUT2D eigenvalue weighted by Gasteiger charge is 1.94. The standard InChI is InChI=1S/C11H8OS/c13-8-12-11-6-5-9-3-1-2-4-10(9)7-11/h1-8H. The molecule has 0 amide bonds. The van der Waals surface area contributed by atoms with Crippen molar-refractivity contribution in [2.45, 2.75) is 0 Å². The summed E-state index contributed by atoms with van der Waals surface area (Å²) in [6.45, 7) is 0. The van der Waals surface area contributed by atoms with Gasteiger partial charge in [-0.3, -0.25) is 0 Å². The van der Waals surface area contributed by atoms with Crippen LogP contribution in [-0.4, -0.2) is 5.55 Å². The van der Waals surface area contributed by atoms with Crippen LogP contribution in [0.3, 0.4) is 0 Å². The van der Waals surface area contributed by atoms with Crippen LogP contribution in [0.25, 0.3) is 10.8 Å². The summed E-state index contributed by atoms with van der Waals surface area (Å²) in [4.78, 5) is 0. The normalized spacial score (nSPS) is 9.85. The van der Waals surface area contributed by atoms with Crippen molar-refractivity contribution in [1.29, 1.82) is 0 Å². The van der Waals surface area contributed by atoms with Gasteiger partial charge in [0.05, 0.1) is 0 Å². The van der Waals surface area contributed by atoms with Gasteiger partial charge in [0.25, 0.3) is 0 Å². The molecule has 0 heterocycles. The zero-order valence-corrected chi connectivity index (χ0v) is 7.75. The fraction of sp³-hybridized carbons (Fsp3) is 0. The molecule has 1 nitrogen and oxygen atoms in total. The maximum absolute atomic E-state index is 5.10. The van der Waals surface area contributed by atoms with Crippen molar-refractivity contribution in [2.75, 3.05) is 0 Å². The second-order valence-electron chi connectivity index (χ2n) is 2.72. The summed E-state index contributed by atoms with van der Waals surface area (Å²) in [5.41, 5.74) is 1.27. The Bertz CT molecular complexity index is 437. The van der Waals surface area contributed by atoms with E-state index in [1.807, 2.05) is 36.4 Å². The molecule has 0 spiro atoms. The average Bonchev–Trinajstić information content (AvgIpc) is 2.18. The summed E-state index contributed by atoms with van der Waals surface area (Å²) in [6, 6.07) is 14.0. The smallest absolute Gasteiger partial charge is 0.154 e. The van der Waals surface area contributed by atoms with Gasteiger partial charge < -0.3 is 4.74 Å². The van der Waals surface area contributed by atoms with Crippen LogP contribution < -0.4 is 4.74 Å². The first-order chi connectivity index (χ1) is 6.40. The van der Waals surface area contributed by atoms with Crippen molar-refractivity contribution in [3.8, 4) is 5.75 Å². The van der Waals surface area contributed by atoms with E-state index in [9.17, 15) is 0 Å². The first-order valence-electron chi connectivity index (χ1n) is 3.99. The Hall–Kier alpha value is -1.41. The van der Waals surface area contributed by atoms with Crippen molar-refractivity contribution in [2.24, 2.45) is 0 Å². The van der Waals surface area contributed by atoms with Gasteiger partial charge in [-0.2, -0.15) is 0 Å². The Morgan fingerprint density at radius 2 is 1.77 bits per heavy atom. The van der Waals surface area contributed by atoms with E-state index in [1.54, 1.807) is 0 Å². The fourth-order valence-corrected chi connectivity index (χ4v) is 1.41. The number of hydrogen-bond acceptors (Lipinski definition) is 2. The Labute approximate surface area is 82.0 Å². The van der Waals surface area contributed by atoms with E-state index in [0.717, 1.165) is 11.1 Å². The van der Waals surface area contributed by atoms with Gasteiger partial charge >= 0.3 is 0 Å². The van der Waals surface area contributed by atoms with Gasteiger partial charge in [0.15, 0.2) is 5.55 Å². The van der Waals surface area contributed by atoms with Gasteiger partial charge in [-0.15, -0.1) is 0 Å². The van der Waals surface area contributed by atoms with Crippen LogP contribution in [0.5, 0.6) is 5.75 Å². The molecule has 0 unspecified atom stereocenters. The SMILES string of the molecule is S=COc1ccc2ccccc2c1. The molecule has 2 heteroatoms. The van der Waals surface area contributed by atoms with Gasteiger partial charge in [-0.1, -0.05) is 30.3 Å². The second-order valence-corrected chi connectivity index (χ2v) is 2.92. The molecule has 2 rings (SSSR count). The summed E-state index contributed by atoms with van der Waals surface area (Å²) in [6.07, 6.45) is 0. The molecule has 0 saturated carbocycles. The number of rotatable bonds is 2. The quantitative estimate of drug-likeness (QED) is 0.669. The molecular formula is C11H8OS. The number of thiocarbonyl (C=S) groups is 1. The van der Waals surface area contributed by atoms with Crippen LogP contribution in [0.2, 0.25) is 0 Å². The zero-order valence-electron chi connectivity index (χ0n) is 6.94. The molecule has 0 N–H and O–H groups in total. The van der Waals surface area contributed by atoms with E-state index in [2.05, 4.69) is 18.3 Å². The van der Waals surface area contributed by atoms with E-state index in [-0.39, 0.29) is 0 Å². The largest absolute Gasteiger partial charge is 0.454 e. The molecule has 13 heavy (non-hydrogen) atoms. The van der Waals surface area contributed by atoms with E-state index in [0.29, 0.717) is 0 Å². The molecule has 2 aromatic rings. The number of fused-ring (bicyclic) bond motifs is 1. The van der Waals surface area contributed by atoms with E-state index < -0.39 is 0 Å². The van der Waals surface area contributed by atoms with Crippen molar-refractivity contribution in [3.05, 3.63) is 42.5 Å². The molecular weight excluding hydrogens is 180 g/mol. The third kappa shape index (κ3) is 1.68. The van der Waals surface area contributed by atoms with Gasteiger partial charge in [0.2, 0.25) is 0 Å². The van der Waals surface area contributed by atoms with Gasteiger partial charge in [-0.05, 0) is 35.1 Å². The highest BCUT2D eigenvalue weighted by molar-refractivity contribution is 7.78. The predicted octanol–water partition coefficient (Wildman–Crippen LogP) is 3.18. The van der Waals surface area contributed by atoms with Crippen molar-refractivity contribution < 1.29 is 4.74 Å². The molecule has 64 valence electrons. The zero-order chi connectivity index (χ0) is 9.10. The monoisotopic (exact) mass is 188 g/mol. The summed E-state index contributed by atoms with van der Waals surface area (Å²) in [7, 11) is 0. The van der Waals surface area contributed by atoms with E-state index in [4.69, 9.17) is 4.74 Å². The Morgan fingerprint density at radius 1 is 1.00 bits per heavy atom. The first-order valence-corrected chi connectivity index (χ1v) is 4.46. The average molecular weight is 188 g/mol. The minimum Gasteiger partial charge on any atom is -0.454 e. The summed E-state index contributed by atoms with van der Waals surface area (Å²) < 4.78 is 5.10. The van der Waals surface area contributed by atoms with Crippen molar-refractivity contribution >= 4 is 28.5 Å². The first kappa shape index (κ1) is 8.20. The maximum Gasteiger partial charge on any atom is 0.154 e. The second kappa shape index (κ2) is 3.54. The number of hydrogen-bond donors (Lipinski definition) is 0. The lowest BCUT2D eigenvalue weighted by Gasteiger charge is -2.00. The summed E-state index contributed by atoms with van der Waals surface area (Å²) in [5.74, 6) is 0.786. The van der Waals surface area contributed by atoms with Gasteiger partial charge in [-0.25, -0.2) is 0 Å². The summed E-state index contributed by atoms with van der Waals surface area (Å²) >= 11 is 4.61. The van der Waals surface area contributed by atoms with Gasteiger partial charge in [0, 0.05) is 0 Å². The van der Waals surface area contributed by atoms with E-state index in [1.165, 1.54) is 10.9 Å². The minimum absolute atomic E-state index is 0.786. The van der Waals surface area contributed by atoms with Gasteiger partial charge in [0.1, 0.15) is 5.75 Å². The maximum atomic E-state index is 5.10. The molecule has 0 aliphatic carbocycles. The lowest BCUT2D eigenvalue weighted by atomic mass is 10.1. The lowest BCUT2D eigenvalue weighted by molar-refractivity contribution is 0.587. The topological polar surface area (TPSA) is 9.23 Å². The van der Waals surface area contributed by atoms with Crippen molar-refractivity contribution in [1.82, 2.24) is 0 Å². The number of benzene rings is 2. The molecule has 0 bridgehead atoms. The Morgan fingerprint density at radius 3 is 2.54 bits per heavy atom. The third-order valence-corrected chi connectivity index (χ3v) is 2.00. The molecule has 0 saturated heterocycles. The van der Waals surface area contributed by atoms with Crippen LogP contribution >= 0.6 is 12.2 Å². The van der Waals surface area contributed by atoms with Crippen LogP contribution in [0.15, 0.2) is 42.5 Å². The highest BCUT2D eigenvalue weighted by Crippen LogP contribution is 2.19. The molecule has 0 radical (unpaired) electrons. The molecule has 2 aromatic carbocycles.